The van der Waals surface area contributed by atoms with E-state index < -0.39 is 11.9 Å². The number of fused-ring (bicyclic) bond motifs is 5. The summed E-state index contributed by atoms with van der Waals surface area (Å²) >= 11 is 1.20. The smallest absolute Gasteiger partial charge is 0.308 e. The first-order chi connectivity index (χ1) is 14.6. The van der Waals surface area contributed by atoms with Crippen LogP contribution in [0, 0.1) is 11.8 Å². The van der Waals surface area contributed by atoms with E-state index in [0.717, 1.165) is 56.2 Å². The number of pyridine rings is 1. The SMILES string of the molecule is CCC(C(=O)O)C1CCC2CCN(C2)C2=C(CNCc3cccc(n3)N1)[SH]=CC=N2. The van der Waals surface area contributed by atoms with Gasteiger partial charge in [-0.25, -0.2) is 9.98 Å². The minimum absolute atomic E-state index is 0.127. The molecular formula is C22H31N5O2S. The van der Waals surface area contributed by atoms with Gasteiger partial charge in [0.05, 0.1) is 11.6 Å². The number of nitrogens with zero attached hydrogens (tertiary/aromatic N) is 3. The number of anilines is 1. The zero-order chi connectivity index (χ0) is 20.9. The van der Waals surface area contributed by atoms with Gasteiger partial charge in [0, 0.05) is 43.3 Å². The van der Waals surface area contributed by atoms with Crippen LogP contribution in [-0.4, -0.2) is 58.2 Å². The van der Waals surface area contributed by atoms with E-state index in [1.807, 2.05) is 31.3 Å². The van der Waals surface area contributed by atoms with E-state index in [0.29, 0.717) is 18.9 Å². The van der Waals surface area contributed by atoms with Gasteiger partial charge >= 0.3 is 5.97 Å². The number of thiol groups is 1. The number of hydrogen-bond acceptors (Lipinski definition) is 6. The lowest BCUT2D eigenvalue weighted by molar-refractivity contribution is -0.142. The molecule has 8 heteroatoms. The predicted octanol–water partition coefficient (Wildman–Crippen LogP) is 2.70. The topological polar surface area (TPSA) is 89.9 Å². The van der Waals surface area contributed by atoms with Crippen LogP contribution in [0.4, 0.5) is 5.82 Å². The van der Waals surface area contributed by atoms with Crippen molar-refractivity contribution in [1.82, 2.24) is 15.2 Å². The highest BCUT2D eigenvalue weighted by atomic mass is 32.1. The van der Waals surface area contributed by atoms with Crippen LogP contribution in [0.1, 0.15) is 38.3 Å². The monoisotopic (exact) mass is 429 g/mol. The molecule has 1 saturated heterocycles. The van der Waals surface area contributed by atoms with E-state index in [2.05, 4.69) is 20.9 Å². The Morgan fingerprint density at radius 1 is 1.33 bits per heavy atom. The molecule has 0 radical (unpaired) electrons. The summed E-state index contributed by atoms with van der Waals surface area (Å²) in [5, 5.41) is 18.8. The molecule has 4 rings (SSSR count). The molecule has 1 fully saturated rings. The van der Waals surface area contributed by atoms with Crippen LogP contribution >= 0.6 is 11.4 Å². The normalized spacial score (nSPS) is 25.4. The molecule has 0 amide bonds. The van der Waals surface area contributed by atoms with E-state index in [1.54, 1.807) is 0 Å². The molecule has 7 nitrogen and oxygen atoms in total. The fourth-order valence-electron chi connectivity index (χ4n) is 4.59. The standard InChI is InChI=1S/C22H31N5O2S/c1-2-17(22(28)29)18-7-6-15-8-10-27(14-15)21-19(30-11-9-24-21)13-23-12-16-4-3-5-20(25-16)26-18/h3-5,9,11,15,17-18,23,30H,2,6-8,10,12-14H2,1H3,(H,25,26)(H,28,29). The van der Waals surface area contributed by atoms with Crippen molar-refractivity contribution in [3.8, 4) is 0 Å². The Bertz CT molecular complexity index is 869. The Labute approximate surface area is 181 Å². The van der Waals surface area contributed by atoms with E-state index in [9.17, 15) is 9.90 Å². The molecular weight excluding hydrogens is 398 g/mol. The van der Waals surface area contributed by atoms with Gasteiger partial charge in [-0.2, -0.15) is 11.4 Å². The Balaban J connectivity index is 1.61. The third kappa shape index (κ3) is 4.92. The quantitative estimate of drug-likeness (QED) is 0.436. The van der Waals surface area contributed by atoms with Crippen molar-refractivity contribution in [3.63, 3.8) is 0 Å². The number of aromatic nitrogens is 1. The highest BCUT2D eigenvalue weighted by Crippen LogP contribution is 2.30. The first-order valence-corrected chi connectivity index (χ1v) is 11.8. The predicted molar refractivity (Wildman–Crippen MR) is 124 cm³/mol. The van der Waals surface area contributed by atoms with Crippen LogP contribution in [0.25, 0.3) is 0 Å². The number of nitrogens with one attached hydrogen (secondary N) is 2. The highest BCUT2D eigenvalue weighted by Gasteiger charge is 2.30. The maximum absolute atomic E-state index is 11.9. The van der Waals surface area contributed by atoms with E-state index >= 15 is 0 Å². The molecule has 3 atom stereocenters. The van der Waals surface area contributed by atoms with Crippen LogP contribution < -0.4 is 10.6 Å². The average molecular weight is 430 g/mol. The summed E-state index contributed by atoms with van der Waals surface area (Å²) in [6, 6.07) is 5.80. The average Bonchev–Trinajstić information content (AvgIpc) is 3.21. The second-order valence-electron chi connectivity index (χ2n) is 8.23. The first kappa shape index (κ1) is 21.1. The molecule has 3 aliphatic rings. The van der Waals surface area contributed by atoms with Crippen LogP contribution in [-0.2, 0) is 11.3 Å². The third-order valence-electron chi connectivity index (χ3n) is 6.20. The molecule has 4 bridgehead atoms. The van der Waals surface area contributed by atoms with Crippen LogP contribution in [0.3, 0.4) is 0 Å². The zero-order valence-corrected chi connectivity index (χ0v) is 18.3. The van der Waals surface area contributed by atoms with Crippen molar-refractivity contribution in [1.29, 1.82) is 0 Å². The van der Waals surface area contributed by atoms with Gasteiger partial charge in [0.1, 0.15) is 11.6 Å². The maximum Gasteiger partial charge on any atom is 0.308 e. The van der Waals surface area contributed by atoms with Gasteiger partial charge in [-0.05, 0) is 49.1 Å². The van der Waals surface area contributed by atoms with Crippen molar-refractivity contribution < 1.29 is 9.90 Å². The number of carbonyl (C=O) groups is 1. The van der Waals surface area contributed by atoms with Gasteiger partial charge < -0.3 is 20.6 Å². The fourth-order valence-corrected chi connectivity index (χ4v) is 5.42. The lowest BCUT2D eigenvalue weighted by atomic mass is 9.89. The zero-order valence-electron chi connectivity index (χ0n) is 17.4. The number of rotatable bonds is 3. The minimum atomic E-state index is -0.736. The summed E-state index contributed by atoms with van der Waals surface area (Å²) in [7, 11) is 0. The minimum Gasteiger partial charge on any atom is -0.481 e. The lowest BCUT2D eigenvalue weighted by Gasteiger charge is -2.26. The maximum atomic E-state index is 11.9. The van der Waals surface area contributed by atoms with Gasteiger partial charge in [0.25, 0.3) is 0 Å². The molecule has 4 heterocycles. The van der Waals surface area contributed by atoms with Crippen LogP contribution in [0.15, 0.2) is 33.9 Å². The molecule has 0 aromatic carbocycles. The van der Waals surface area contributed by atoms with Gasteiger partial charge in [-0.3, -0.25) is 4.79 Å². The van der Waals surface area contributed by atoms with Crippen LogP contribution in [0.2, 0.25) is 0 Å². The Hall–Kier alpha value is -2.19. The van der Waals surface area contributed by atoms with Crippen molar-refractivity contribution in [2.45, 2.75) is 45.2 Å². The summed E-state index contributed by atoms with van der Waals surface area (Å²) in [6.45, 7) is 5.41. The van der Waals surface area contributed by atoms with Crippen molar-refractivity contribution in [3.05, 3.63) is 34.6 Å². The molecule has 3 unspecified atom stereocenters. The molecule has 30 heavy (non-hydrogen) atoms. The first-order valence-electron chi connectivity index (χ1n) is 10.8. The summed E-state index contributed by atoms with van der Waals surface area (Å²) in [5.74, 6) is 1.27. The molecule has 1 aromatic rings. The highest BCUT2D eigenvalue weighted by molar-refractivity contribution is 8.02. The van der Waals surface area contributed by atoms with Crippen LogP contribution in [0.5, 0.6) is 0 Å². The Morgan fingerprint density at radius 2 is 2.23 bits per heavy atom. The Kier molecular flexibility index (Phi) is 6.84. The van der Waals surface area contributed by atoms with E-state index in [-0.39, 0.29) is 6.04 Å². The van der Waals surface area contributed by atoms with Crippen molar-refractivity contribution in [2.75, 3.05) is 25.0 Å². The molecule has 0 saturated carbocycles. The molecule has 1 aromatic heterocycles. The van der Waals surface area contributed by atoms with Gasteiger partial charge in [-0.1, -0.05) is 13.0 Å². The summed E-state index contributed by atoms with van der Waals surface area (Å²) in [6.07, 6.45) is 5.47. The summed E-state index contributed by atoms with van der Waals surface area (Å²) in [5.41, 5.74) is 0.945. The molecule has 3 N–H and O–H groups in total. The number of carboxylic acid groups (broad SMARTS) is 1. The van der Waals surface area contributed by atoms with Gasteiger partial charge in [-0.15, -0.1) is 0 Å². The number of aliphatic imine (C=N–C) groups is 1. The Morgan fingerprint density at radius 3 is 3.07 bits per heavy atom. The summed E-state index contributed by atoms with van der Waals surface area (Å²) < 4.78 is 0. The molecule has 0 spiro atoms. The summed E-state index contributed by atoms with van der Waals surface area (Å²) in [4.78, 5) is 25.0. The van der Waals surface area contributed by atoms with Gasteiger partial charge in [0.2, 0.25) is 0 Å². The molecule has 162 valence electrons. The number of aliphatic carboxylic acids is 1. The lowest BCUT2D eigenvalue weighted by Crippen LogP contribution is -2.35. The van der Waals surface area contributed by atoms with Gasteiger partial charge in [0.15, 0.2) is 0 Å². The third-order valence-corrected chi connectivity index (χ3v) is 7.16. The van der Waals surface area contributed by atoms with E-state index in [4.69, 9.17) is 9.98 Å². The van der Waals surface area contributed by atoms with Crippen molar-refractivity contribution >= 4 is 34.7 Å². The molecule has 0 aliphatic carbocycles. The largest absolute Gasteiger partial charge is 0.481 e. The number of hydrogen-bond donors (Lipinski definition) is 4. The van der Waals surface area contributed by atoms with E-state index in [1.165, 1.54) is 16.3 Å². The number of carboxylic acids is 1. The van der Waals surface area contributed by atoms with Crippen molar-refractivity contribution in [2.24, 2.45) is 16.8 Å². The second-order valence-corrected chi connectivity index (χ2v) is 9.32. The second kappa shape index (κ2) is 9.75. The molecule has 3 aliphatic heterocycles. The fraction of sp³-hybridized carbons (Fsp3) is 0.545.